The molecule has 1 N–H and O–H groups in total. The zero-order chi connectivity index (χ0) is 18.2. The number of hydrogen-bond donors (Lipinski definition) is 1. The predicted molar refractivity (Wildman–Crippen MR) is 95.9 cm³/mol. The second-order valence-electron chi connectivity index (χ2n) is 6.12. The van der Waals surface area contributed by atoms with Crippen LogP contribution in [0, 0.1) is 0 Å². The highest BCUT2D eigenvalue weighted by molar-refractivity contribution is 5.67. The van der Waals surface area contributed by atoms with E-state index in [-0.39, 0.29) is 11.7 Å². The van der Waals surface area contributed by atoms with Gasteiger partial charge in [0.15, 0.2) is 0 Å². The third-order valence-electron chi connectivity index (χ3n) is 3.07. The Morgan fingerprint density at radius 3 is 2.54 bits per heavy atom. The van der Waals surface area contributed by atoms with Gasteiger partial charge in [0.2, 0.25) is 5.88 Å². The molecule has 130 valence electrons. The summed E-state index contributed by atoms with van der Waals surface area (Å²) in [4.78, 5) is 14.7. The molecule has 1 aliphatic rings. The van der Waals surface area contributed by atoms with Gasteiger partial charge in [0.25, 0.3) is 0 Å². The molecule has 1 aliphatic heterocycles. The van der Waals surface area contributed by atoms with E-state index in [2.05, 4.69) is 23.5 Å². The zero-order valence-electron chi connectivity index (χ0n) is 14.9. The minimum absolute atomic E-state index is 0.387. The van der Waals surface area contributed by atoms with Crippen molar-refractivity contribution < 1.29 is 14.3 Å². The first-order valence-corrected chi connectivity index (χ1v) is 7.81. The normalized spacial score (nSPS) is 13.3. The van der Waals surface area contributed by atoms with Gasteiger partial charge in [0.1, 0.15) is 11.4 Å². The molecule has 1 aromatic rings. The Hall–Kier alpha value is -2.56. The van der Waals surface area contributed by atoms with E-state index in [4.69, 9.17) is 9.47 Å². The lowest BCUT2D eigenvalue weighted by atomic mass is 10.1. The van der Waals surface area contributed by atoms with Gasteiger partial charge in [-0.1, -0.05) is 25.3 Å². The van der Waals surface area contributed by atoms with Crippen LogP contribution in [0.1, 0.15) is 32.8 Å². The molecule has 24 heavy (non-hydrogen) atoms. The summed E-state index contributed by atoms with van der Waals surface area (Å²) in [7, 11) is 1.54. The summed E-state index contributed by atoms with van der Waals surface area (Å²) in [6.07, 6.45) is 6.73. The Balaban J connectivity index is 0.000000277. The third-order valence-corrected chi connectivity index (χ3v) is 3.07. The highest BCUT2D eigenvalue weighted by Crippen LogP contribution is 2.27. The number of amides is 1. The van der Waals surface area contributed by atoms with Gasteiger partial charge >= 0.3 is 6.09 Å². The molecule has 0 atom stereocenters. The van der Waals surface area contributed by atoms with Gasteiger partial charge in [-0.2, -0.15) is 0 Å². The molecule has 0 aromatic carbocycles. The molecule has 0 bridgehead atoms. The van der Waals surface area contributed by atoms with Gasteiger partial charge in [0, 0.05) is 18.8 Å². The Morgan fingerprint density at radius 1 is 1.33 bits per heavy atom. The Labute approximate surface area is 144 Å². The molecule has 0 spiro atoms. The minimum atomic E-state index is -0.389. The van der Waals surface area contributed by atoms with Crippen molar-refractivity contribution in [2.75, 3.05) is 7.05 Å². The fourth-order valence-electron chi connectivity index (χ4n) is 1.97. The van der Waals surface area contributed by atoms with Gasteiger partial charge < -0.3 is 14.8 Å². The standard InChI is InChI=1S/C13H13NO.C6H13NO2/c1-3-10-7-8-11-6-5-9-14-13(11)15-12(10)4-2;1-6(2,3)9-5(8)7-4/h3-6,9H,1-2,7-8H2;1-4H3,(H,7,8). The number of carbonyl (C=O) groups is 1. The summed E-state index contributed by atoms with van der Waals surface area (Å²) in [5, 5.41) is 2.36. The molecule has 1 aromatic heterocycles. The van der Waals surface area contributed by atoms with Crippen LogP contribution >= 0.6 is 0 Å². The van der Waals surface area contributed by atoms with Crippen LogP contribution in [0.25, 0.3) is 0 Å². The van der Waals surface area contributed by atoms with E-state index in [1.807, 2.05) is 39.0 Å². The van der Waals surface area contributed by atoms with Crippen molar-refractivity contribution in [3.63, 3.8) is 0 Å². The maximum Gasteiger partial charge on any atom is 0.407 e. The van der Waals surface area contributed by atoms with Crippen LogP contribution in [0.5, 0.6) is 5.88 Å². The first-order valence-electron chi connectivity index (χ1n) is 7.81. The van der Waals surface area contributed by atoms with E-state index in [1.54, 1.807) is 12.3 Å². The summed E-state index contributed by atoms with van der Waals surface area (Å²) in [5.41, 5.74) is 1.83. The lowest BCUT2D eigenvalue weighted by Crippen LogP contribution is -2.30. The van der Waals surface area contributed by atoms with Crippen molar-refractivity contribution in [1.29, 1.82) is 0 Å². The topological polar surface area (TPSA) is 60.5 Å². The number of ether oxygens (including phenoxy) is 2. The van der Waals surface area contributed by atoms with Crippen LogP contribution in [0.4, 0.5) is 4.79 Å². The van der Waals surface area contributed by atoms with E-state index < -0.39 is 0 Å². The van der Waals surface area contributed by atoms with Crippen molar-refractivity contribution in [3.05, 3.63) is 60.5 Å². The average Bonchev–Trinajstić information content (AvgIpc) is 2.72. The Kier molecular flexibility index (Phi) is 7.24. The van der Waals surface area contributed by atoms with Crippen LogP contribution in [0.3, 0.4) is 0 Å². The second-order valence-corrected chi connectivity index (χ2v) is 6.12. The first-order chi connectivity index (χ1) is 11.3. The van der Waals surface area contributed by atoms with Gasteiger partial charge in [-0.3, -0.25) is 0 Å². The number of hydrogen-bond acceptors (Lipinski definition) is 4. The van der Waals surface area contributed by atoms with Crippen molar-refractivity contribution in [1.82, 2.24) is 10.3 Å². The van der Waals surface area contributed by atoms with E-state index in [1.165, 1.54) is 7.05 Å². The van der Waals surface area contributed by atoms with Crippen molar-refractivity contribution in [2.24, 2.45) is 0 Å². The first kappa shape index (κ1) is 19.5. The van der Waals surface area contributed by atoms with Gasteiger partial charge in [-0.25, -0.2) is 9.78 Å². The third kappa shape index (κ3) is 6.28. The number of fused-ring (bicyclic) bond motifs is 1. The quantitative estimate of drug-likeness (QED) is 0.884. The largest absolute Gasteiger partial charge is 0.444 e. The zero-order valence-corrected chi connectivity index (χ0v) is 14.9. The molecule has 0 unspecified atom stereocenters. The van der Waals surface area contributed by atoms with Gasteiger partial charge in [-0.05, 0) is 51.3 Å². The van der Waals surface area contributed by atoms with Crippen LogP contribution in [-0.4, -0.2) is 23.7 Å². The number of pyridine rings is 1. The predicted octanol–water partition coefficient (Wildman–Crippen LogP) is 4.17. The van der Waals surface area contributed by atoms with Crippen LogP contribution < -0.4 is 10.1 Å². The van der Waals surface area contributed by atoms with E-state index >= 15 is 0 Å². The molecular weight excluding hydrogens is 304 g/mol. The van der Waals surface area contributed by atoms with Crippen LogP contribution in [0.2, 0.25) is 0 Å². The molecule has 0 radical (unpaired) electrons. The number of alkyl carbamates (subject to hydrolysis) is 1. The number of nitrogens with zero attached hydrogens (tertiary/aromatic N) is 1. The number of carbonyl (C=O) groups excluding carboxylic acids is 1. The van der Waals surface area contributed by atoms with Gasteiger partial charge in [0.05, 0.1) is 0 Å². The Bertz CT molecular complexity index is 628. The van der Waals surface area contributed by atoms with E-state index in [0.29, 0.717) is 5.88 Å². The molecule has 2 rings (SSSR count). The summed E-state index contributed by atoms with van der Waals surface area (Å²) in [6.45, 7) is 13.0. The molecular formula is C19H26N2O3. The summed E-state index contributed by atoms with van der Waals surface area (Å²) >= 11 is 0. The Morgan fingerprint density at radius 2 is 2.04 bits per heavy atom. The molecule has 5 nitrogen and oxygen atoms in total. The fraction of sp³-hybridized carbons (Fsp3) is 0.368. The van der Waals surface area contributed by atoms with Crippen LogP contribution in [-0.2, 0) is 11.2 Å². The lowest BCUT2D eigenvalue weighted by Gasteiger charge is -2.18. The number of aryl methyl sites for hydroxylation is 1. The average molecular weight is 330 g/mol. The molecule has 0 saturated heterocycles. The van der Waals surface area contributed by atoms with Crippen LogP contribution in [0.15, 0.2) is 55.0 Å². The summed E-state index contributed by atoms with van der Waals surface area (Å²) < 4.78 is 10.5. The molecule has 0 aliphatic carbocycles. The number of aromatic nitrogens is 1. The maximum absolute atomic E-state index is 10.5. The summed E-state index contributed by atoms with van der Waals surface area (Å²) in [6, 6.07) is 3.96. The number of allylic oxidation sites excluding steroid dienone is 3. The molecule has 0 fully saturated rings. The summed E-state index contributed by atoms with van der Waals surface area (Å²) in [5.74, 6) is 1.45. The number of rotatable bonds is 2. The monoisotopic (exact) mass is 330 g/mol. The van der Waals surface area contributed by atoms with Gasteiger partial charge in [-0.15, -0.1) is 0 Å². The smallest absolute Gasteiger partial charge is 0.407 e. The van der Waals surface area contributed by atoms with Crippen molar-refractivity contribution in [3.8, 4) is 5.88 Å². The number of nitrogens with one attached hydrogen (secondary N) is 1. The highest BCUT2D eigenvalue weighted by atomic mass is 16.6. The van der Waals surface area contributed by atoms with Crippen molar-refractivity contribution in [2.45, 2.75) is 39.2 Å². The van der Waals surface area contributed by atoms with Crippen molar-refractivity contribution >= 4 is 6.09 Å². The fourth-order valence-corrected chi connectivity index (χ4v) is 1.97. The van der Waals surface area contributed by atoms with E-state index in [0.717, 1.165) is 29.7 Å². The molecule has 2 heterocycles. The molecule has 1 amide bonds. The molecule has 5 heteroatoms. The second kappa shape index (κ2) is 8.91. The van der Waals surface area contributed by atoms with E-state index in [9.17, 15) is 4.79 Å². The SMILES string of the molecule is C=CC1=C(C=C)Oc2ncccc2CC1.CNC(=O)OC(C)(C)C. The highest BCUT2D eigenvalue weighted by Gasteiger charge is 2.14. The minimum Gasteiger partial charge on any atom is -0.444 e. The molecule has 0 saturated carbocycles. The lowest BCUT2D eigenvalue weighted by molar-refractivity contribution is 0.0541. The maximum atomic E-state index is 10.5.